The third kappa shape index (κ3) is 3.72. The van der Waals surface area contributed by atoms with Gasteiger partial charge in [0.15, 0.2) is 0 Å². The average Bonchev–Trinajstić information content (AvgIpc) is 2.34. The molecule has 16 heavy (non-hydrogen) atoms. The molecule has 0 bridgehead atoms. The highest BCUT2D eigenvalue weighted by atomic mass is 16.5. The lowest BCUT2D eigenvalue weighted by molar-refractivity contribution is 0.0821. The first-order chi connectivity index (χ1) is 7.72. The predicted octanol–water partition coefficient (Wildman–Crippen LogP) is 1.73. The number of nitrogens with one attached hydrogen (secondary N) is 1. The lowest BCUT2D eigenvalue weighted by atomic mass is 9.89. The predicted molar refractivity (Wildman–Crippen MR) is 68.8 cm³/mol. The summed E-state index contributed by atoms with van der Waals surface area (Å²) in [6, 6.07) is 1.38. The second kappa shape index (κ2) is 7.25. The maximum Gasteiger partial charge on any atom is 0.0477 e. The first kappa shape index (κ1) is 13.9. The quantitative estimate of drug-likeness (QED) is 0.749. The molecule has 0 aromatic heterocycles. The highest BCUT2D eigenvalue weighted by Gasteiger charge is 2.28. The van der Waals surface area contributed by atoms with E-state index in [0.29, 0.717) is 6.04 Å². The molecule has 1 saturated heterocycles. The van der Waals surface area contributed by atoms with E-state index in [1.807, 2.05) is 0 Å². The monoisotopic (exact) mass is 228 g/mol. The summed E-state index contributed by atoms with van der Waals surface area (Å²) in [5, 5.41) is 3.46. The molecule has 3 unspecified atom stereocenters. The van der Waals surface area contributed by atoms with Crippen molar-refractivity contribution in [1.29, 1.82) is 0 Å². The van der Waals surface area contributed by atoms with Gasteiger partial charge in [0, 0.05) is 32.3 Å². The van der Waals surface area contributed by atoms with Crippen LogP contribution in [0, 0.1) is 5.92 Å². The molecule has 1 aliphatic rings. The molecule has 0 aromatic rings. The van der Waals surface area contributed by atoms with Crippen LogP contribution in [-0.4, -0.2) is 50.8 Å². The highest BCUT2D eigenvalue weighted by molar-refractivity contribution is 4.85. The number of piperidine rings is 1. The summed E-state index contributed by atoms with van der Waals surface area (Å²) in [7, 11) is 3.88. The molecule has 1 heterocycles. The molecular weight excluding hydrogens is 200 g/mol. The minimum absolute atomic E-state index is 0.659. The van der Waals surface area contributed by atoms with Crippen molar-refractivity contribution in [3.05, 3.63) is 0 Å². The van der Waals surface area contributed by atoms with E-state index in [4.69, 9.17) is 4.74 Å². The zero-order valence-electron chi connectivity index (χ0n) is 11.3. The fourth-order valence-corrected chi connectivity index (χ4v) is 2.73. The van der Waals surface area contributed by atoms with Crippen LogP contribution in [0.1, 0.15) is 33.1 Å². The van der Waals surface area contributed by atoms with Crippen LogP contribution >= 0.6 is 0 Å². The van der Waals surface area contributed by atoms with Gasteiger partial charge in [-0.05, 0) is 39.3 Å². The number of likely N-dealkylation sites (tertiary alicyclic amines) is 1. The van der Waals surface area contributed by atoms with Crippen molar-refractivity contribution in [2.45, 2.75) is 45.2 Å². The maximum absolute atomic E-state index is 5.16. The van der Waals surface area contributed by atoms with Crippen LogP contribution in [-0.2, 0) is 4.74 Å². The highest BCUT2D eigenvalue weighted by Crippen LogP contribution is 2.22. The molecule has 0 spiro atoms. The average molecular weight is 228 g/mol. The molecule has 96 valence electrons. The van der Waals surface area contributed by atoms with Crippen molar-refractivity contribution in [2.24, 2.45) is 5.92 Å². The number of hydrogen-bond donors (Lipinski definition) is 1. The summed E-state index contributed by atoms with van der Waals surface area (Å²) in [5.74, 6) is 0.809. The minimum Gasteiger partial charge on any atom is -0.385 e. The second-order valence-corrected chi connectivity index (χ2v) is 4.98. The summed E-state index contributed by atoms with van der Waals surface area (Å²) in [6.07, 6.45) is 3.71. The SMILES string of the molecule is CCC1CN(C(C)CCOC)CCC1NC. The Morgan fingerprint density at radius 1 is 1.50 bits per heavy atom. The van der Waals surface area contributed by atoms with E-state index in [9.17, 15) is 0 Å². The number of hydrogen-bond acceptors (Lipinski definition) is 3. The molecule has 3 nitrogen and oxygen atoms in total. The zero-order chi connectivity index (χ0) is 12.0. The maximum atomic E-state index is 5.16. The molecule has 0 saturated carbocycles. The van der Waals surface area contributed by atoms with Crippen molar-refractivity contribution in [3.8, 4) is 0 Å². The fourth-order valence-electron chi connectivity index (χ4n) is 2.73. The molecule has 0 aliphatic carbocycles. The molecule has 0 aromatic carbocycles. The van der Waals surface area contributed by atoms with Gasteiger partial charge < -0.3 is 15.0 Å². The Morgan fingerprint density at radius 2 is 2.25 bits per heavy atom. The van der Waals surface area contributed by atoms with Crippen LogP contribution in [0.3, 0.4) is 0 Å². The van der Waals surface area contributed by atoms with Crippen LogP contribution in [0.5, 0.6) is 0 Å². The normalized spacial score (nSPS) is 29.2. The van der Waals surface area contributed by atoms with Crippen molar-refractivity contribution in [1.82, 2.24) is 10.2 Å². The molecule has 3 atom stereocenters. The van der Waals surface area contributed by atoms with Crippen LogP contribution < -0.4 is 5.32 Å². The first-order valence-electron chi connectivity index (χ1n) is 6.63. The van der Waals surface area contributed by atoms with E-state index in [1.165, 1.54) is 25.9 Å². The number of nitrogens with zero attached hydrogens (tertiary/aromatic N) is 1. The van der Waals surface area contributed by atoms with Crippen molar-refractivity contribution in [3.63, 3.8) is 0 Å². The van der Waals surface area contributed by atoms with Gasteiger partial charge >= 0.3 is 0 Å². The zero-order valence-corrected chi connectivity index (χ0v) is 11.3. The molecule has 1 N–H and O–H groups in total. The van der Waals surface area contributed by atoms with Crippen LogP contribution in [0.25, 0.3) is 0 Å². The Morgan fingerprint density at radius 3 is 2.81 bits per heavy atom. The van der Waals surface area contributed by atoms with E-state index >= 15 is 0 Å². The van der Waals surface area contributed by atoms with Crippen LogP contribution in [0.4, 0.5) is 0 Å². The number of methoxy groups -OCH3 is 1. The van der Waals surface area contributed by atoms with Gasteiger partial charge in [-0.15, -0.1) is 0 Å². The standard InChI is InChI=1S/C13H28N2O/c1-5-12-10-15(8-6-13(12)14-3)11(2)7-9-16-4/h11-14H,5-10H2,1-4H3. The smallest absolute Gasteiger partial charge is 0.0477 e. The van der Waals surface area contributed by atoms with E-state index < -0.39 is 0 Å². The minimum atomic E-state index is 0.659. The Kier molecular flexibility index (Phi) is 6.32. The third-order valence-electron chi connectivity index (χ3n) is 4.02. The van der Waals surface area contributed by atoms with Gasteiger partial charge in [0.1, 0.15) is 0 Å². The molecule has 1 aliphatic heterocycles. The summed E-state index contributed by atoms with van der Waals surface area (Å²) >= 11 is 0. The van der Waals surface area contributed by atoms with Gasteiger partial charge in [-0.2, -0.15) is 0 Å². The van der Waals surface area contributed by atoms with E-state index in [2.05, 4.69) is 31.1 Å². The topological polar surface area (TPSA) is 24.5 Å². The largest absolute Gasteiger partial charge is 0.385 e. The van der Waals surface area contributed by atoms with Gasteiger partial charge in [-0.1, -0.05) is 13.3 Å². The van der Waals surface area contributed by atoms with Gasteiger partial charge in [0.2, 0.25) is 0 Å². The molecule has 3 heteroatoms. The van der Waals surface area contributed by atoms with E-state index in [0.717, 1.165) is 25.0 Å². The lowest BCUT2D eigenvalue weighted by Crippen LogP contribution is -2.50. The molecule has 0 radical (unpaired) electrons. The van der Waals surface area contributed by atoms with Gasteiger partial charge in [-0.3, -0.25) is 0 Å². The van der Waals surface area contributed by atoms with Gasteiger partial charge in [0.05, 0.1) is 0 Å². The Bertz CT molecular complexity index is 187. The molecule has 1 rings (SSSR count). The number of ether oxygens (including phenoxy) is 1. The van der Waals surface area contributed by atoms with Crippen LogP contribution in [0.2, 0.25) is 0 Å². The Hall–Kier alpha value is -0.120. The summed E-state index contributed by atoms with van der Waals surface area (Å²) < 4.78 is 5.16. The molecule has 1 fully saturated rings. The van der Waals surface area contributed by atoms with Gasteiger partial charge in [-0.25, -0.2) is 0 Å². The van der Waals surface area contributed by atoms with E-state index in [-0.39, 0.29) is 0 Å². The van der Waals surface area contributed by atoms with Gasteiger partial charge in [0.25, 0.3) is 0 Å². The molecule has 0 amide bonds. The van der Waals surface area contributed by atoms with Crippen LogP contribution in [0.15, 0.2) is 0 Å². The van der Waals surface area contributed by atoms with Crippen molar-refractivity contribution < 1.29 is 4.74 Å². The fraction of sp³-hybridized carbons (Fsp3) is 1.00. The molecular formula is C13H28N2O. The van der Waals surface area contributed by atoms with E-state index in [1.54, 1.807) is 7.11 Å². The Labute approximate surface area is 101 Å². The van der Waals surface area contributed by atoms with Crippen molar-refractivity contribution >= 4 is 0 Å². The first-order valence-corrected chi connectivity index (χ1v) is 6.63. The summed E-state index contributed by atoms with van der Waals surface area (Å²) in [5.41, 5.74) is 0. The van der Waals surface area contributed by atoms with Crippen molar-refractivity contribution in [2.75, 3.05) is 33.9 Å². The second-order valence-electron chi connectivity index (χ2n) is 4.98. The number of rotatable bonds is 6. The third-order valence-corrected chi connectivity index (χ3v) is 4.02. The summed E-state index contributed by atoms with van der Waals surface area (Å²) in [4.78, 5) is 2.63. The Balaban J connectivity index is 2.40. The lowest BCUT2D eigenvalue weighted by Gasteiger charge is -2.41. The summed E-state index contributed by atoms with van der Waals surface area (Å²) in [6.45, 7) is 7.98.